The second-order valence-electron chi connectivity index (χ2n) is 6.56. The van der Waals surface area contributed by atoms with Gasteiger partial charge in [0.25, 0.3) is 0 Å². The fourth-order valence-electron chi connectivity index (χ4n) is 3.19. The maximum absolute atomic E-state index is 12.4. The number of hydrogen-bond acceptors (Lipinski definition) is 8. The molecular weight excluding hydrogens is 402 g/mol. The van der Waals surface area contributed by atoms with Crippen molar-refractivity contribution < 1.29 is 33.3 Å². The zero-order valence-corrected chi connectivity index (χ0v) is 17.5. The molecule has 0 saturated heterocycles. The van der Waals surface area contributed by atoms with Gasteiger partial charge in [-0.15, -0.1) is 0 Å². The normalized spacial score (nSPS) is 13.6. The molecule has 1 aliphatic rings. The first-order valence-corrected chi connectivity index (χ1v) is 9.62. The van der Waals surface area contributed by atoms with E-state index in [0.717, 1.165) is 11.1 Å². The van der Waals surface area contributed by atoms with E-state index in [1.807, 2.05) is 24.3 Å². The minimum Gasteiger partial charge on any atom is -0.466 e. The molecule has 162 valence electrons. The highest BCUT2D eigenvalue weighted by Crippen LogP contribution is 2.29. The third kappa shape index (κ3) is 4.75. The van der Waals surface area contributed by atoms with E-state index in [-0.39, 0.29) is 30.6 Å². The van der Waals surface area contributed by atoms with Crippen molar-refractivity contribution in [3.8, 4) is 11.1 Å². The Labute approximate surface area is 180 Å². The van der Waals surface area contributed by atoms with Crippen LogP contribution in [0.25, 0.3) is 11.1 Å². The standard InChI is InChI=1S/C23H23NO7/c1-4-31-21(25)17-7-5-15(6-8-17)16-9-11-18(12-10-16)24-14-30-13-19(22(26)28-2)20(24)23(27)29-3/h5-12H,4,13-14H2,1-3H3. The highest BCUT2D eigenvalue weighted by Gasteiger charge is 2.32. The Bertz CT molecular complexity index is 994. The topological polar surface area (TPSA) is 91.4 Å². The Morgan fingerprint density at radius 3 is 2.00 bits per heavy atom. The van der Waals surface area contributed by atoms with Crippen LogP contribution in [0.5, 0.6) is 0 Å². The molecule has 1 aliphatic heterocycles. The highest BCUT2D eigenvalue weighted by molar-refractivity contribution is 6.03. The van der Waals surface area contributed by atoms with Gasteiger partial charge in [-0.1, -0.05) is 24.3 Å². The van der Waals surface area contributed by atoms with Crippen molar-refractivity contribution in [1.82, 2.24) is 0 Å². The van der Waals surface area contributed by atoms with Gasteiger partial charge in [-0.3, -0.25) is 0 Å². The van der Waals surface area contributed by atoms with E-state index >= 15 is 0 Å². The molecule has 0 spiro atoms. The zero-order chi connectivity index (χ0) is 22.4. The van der Waals surface area contributed by atoms with E-state index in [9.17, 15) is 14.4 Å². The van der Waals surface area contributed by atoms with Gasteiger partial charge in [0.2, 0.25) is 0 Å². The highest BCUT2D eigenvalue weighted by atomic mass is 16.5. The first-order valence-electron chi connectivity index (χ1n) is 9.62. The predicted molar refractivity (Wildman–Crippen MR) is 112 cm³/mol. The quantitative estimate of drug-likeness (QED) is 0.515. The number of anilines is 1. The number of nitrogens with zero attached hydrogens (tertiary/aromatic N) is 1. The average molecular weight is 425 g/mol. The van der Waals surface area contributed by atoms with Crippen LogP contribution in [0, 0.1) is 0 Å². The molecule has 0 atom stereocenters. The smallest absolute Gasteiger partial charge is 0.355 e. The Kier molecular flexibility index (Phi) is 7.04. The predicted octanol–water partition coefficient (Wildman–Crippen LogP) is 2.92. The largest absolute Gasteiger partial charge is 0.466 e. The Morgan fingerprint density at radius 2 is 1.45 bits per heavy atom. The number of methoxy groups -OCH3 is 2. The molecule has 31 heavy (non-hydrogen) atoms. The van der Waals surface area contributed by atoms with Crippen LogP contribution in [-0.2, 0) is 28.5 Å². The Morgan fingerprint density at radius 1 is 0.871 bits per heavy atom. The lowest BCUT2D eigenvalue weighted by atomic mass is 10.0. The van der Waals surface area contributed by atoms with Gasteiger partial charge in [0, 0.05) is 5.69 Å². The number of carbonyl (C=O) groups is 3. The van der Waals surface area contributed by atoms with E-state index in [4.69, 9.17) is 18.9 Å². The summed E-state index contributed by atoms with van der Waals surface area (Å²) in [5, 5.41) is 0. The minimum absolute atomic E-state index is 0.0432. The number of hydrogen-bond donors (Lipinski definition) is 0. The lowest BCUT2D eigenvalue weighted by Crippen LogP contribution is -2.38. The van der Waals surface area contributed by atoms with Crippen molar-refractivity contribution in [1.29, 1.82) is 0 Å². The van der Waals surface area contributed by atoms with Crippen molar-refractivity contribution >= 4 is 23.6 Å². The third-order valence-electron chi connectivity index (χ3n) is 4.74. The van der Waals surface area contributed by atoms with E-state index in [2.05, 4.69) is 0 Å². The summed E-state index contributed by atoms with van der Waals surface area (Å²) < 4.78 is 20.1. The maximum atomic E-state index is 12.4. The van der Waals surface area contributed by atoms with Crippen LogP contribution < -0.4 is 4.90 Å². The monoisotopic (exact) mass is 425 g/mol. The van der Waals surface area contributed by atoms with Crippen LogP contribution in [-0.4, -0.2) is 52.1 Å². The molecule has 8 nitrogen and oxygen atoms in total. The van der Waals surface area contributed by atoms with Crippen molar-refractivity contribution in [3.63, 3.8) is 0 Å². The van der Waals surface area contributed by atoms with Gasteiger partial charge in [0.05, 0.1) is 38.6 Å². The van der Waals surface area contributed by atoms with Crippen molar-refractivity contribution in [3.05, 3.63) is 65.4 Å². The average Bonchev–Trinajstić information content (AvgIpc) is 2.83. The molecule has 0 saturated carbocycles. The number of benzene rings is 2. The molecule has 0 amide bonds. The molecular formula is C23H23NO7. The number of ether oxygens (including phenoxy) is 4. The van der Waals surface area contributed by atoms with Gasteiger partial charge in [-0.05, 0) is 42.3 Å². The molecule has 0 N–H and O–H groups in total. The van der Waals surface area contributed by atoms with E-state index < -0.39 is 11.9 Å². The van der Waals surface area contributed by atoms with Gasteiger partial charge >= 0.3 is 17.9 Å². The third-order valence-corrected chi connectivity index (χ3v) is 4.74. The molecule has 3 rings (SSSR count). The van der Waals surface area contributed by atoms with Crippen molar-refractivity contribution in [2.75, 3.05) is 39.1 Å². The lowest BCUT2D eigenvalue weighted by molar-refractivity contribution is -0.140. The Balaban J connectivity index is 1.88. The summed E-state index contributed by atoms with van der Waals surface area (Å²) >= 11 is 0. The summed E-state index contributed by atoms with van der Waals surface area (Å²) in [5.41, 5.74) is 3.14. The zero-order valence-electron chi connectivity index (χ0n) is 17.5. The lowest BCUT2D eigenvalue weighted by Gasteiger charge is -2.31. The summed E-state index contributed by atoms with van der Waals surface area (Å²) in [6.07, 6.45) is 0. The molecule has 0 bridgehead atoms. The van der Waals surface area contributed by atoms with E-state index in [1.54, 1.807) is 36.1 Å². The summed E-state index contributed by atoms with van der Waals surface area (Å²) in [4.78, 5) is 37.9. The molecule has 0 unspecified atom stereocenters. The summed E-state index contributed by atoms with van der Waals surface area (Å²) in [6, 6.07) is 14.4. The molecule has 2 aromatic carbocycles. The summed E-state index contributed by atoms with van der Waals surface area (Å²) in [5.74, 6) is -1.66. The number of carbonyl (C=O) groups excluding carboxylic acids is 3. The van der Waals surface area contributed by atoms with Crippen LogP contribution in [0.4, 0.5) is 5.69 Å². The van der Waals surface area contributed by atoms with Gasteiger partial charge in [0.1, 0.15) is 12.4 Å². The maximum Gasteiger partial charge on any atom is 0.355 e. The van der Waals surface area contributed by atoms with Gasteiger partial charge in [-0.25, -0.2) is 14.4 Å². The van der Waals surface area contributed by atoms with E-state index in [1.165, 1.54) is 14.2 Å². The Hall–Kier alpha value is -3.65. The molecule has 0 radical (unpaired) electrons. The van der Waals surface area contributed by atoms with Crippen LogP contribution in [0.2, 0.25) is 0 Å². The fraction of sp³-hybridized carbons (Fsp3) is 0.261. The fourth-order valence-corrected chi connectivity index (χ4v) is 3.19. The number of esters is 3. The molecule has 0 aromatic heterocycles. The summed E-state index contributed by atoms with van der Waals surface area (Å²) in [6.45, 7) is 2.12. The second-order valence-corrected chi connectivity index (χ2v) is 6.56. The number of rotatable bonds is 6. The first-order chi connectivity index (χ1) is 15.0. The van der Waals surface area contributed by atoms with Crippen LogP contribution in [0.15, 0.2) is 59.8 Å². The van der Waals surface area contributed by atoms with Gasteiger partial charge in [-0.2, -0.15) is 0 Å². The molecule has 0 aliphatic carbocycles. The van der Waals surface area contributed by atoms with Gasteiger partial charge < -0.3 is 23.8 Å². The van der Waals surface area contributed by atoms with Crippen LogP contribution in [0.1, 0.15) is 17.3 Å². The molecule has 8 heteroatoms. The molecule has 2 aromatic rings. The molecule has 1 heterocycles. The van der Waals surface area contributed by atoms with Gasteiger partial charge in [0.15, 0.2) is 0 Å². The van der Waals surface area contributed by atoms with E-state index in [0.29, 0.717) is 17.9 Å². The van der Waals surface area contributed by atoms with Crippen molar-refractivity contribution in [2.24, 2.45) is 0 Å². The second kappa shape index (κ2) is 9.90. The van der Waals surface area contributed by atoms with Crippen molar-refractivity contribution in [2.45, 2.75) is 6.92 Å². The molecule has 0 fully saturated rings. The minimum atomic E-state index is -0.651. The first kappa shape index (κ1) is 22.0. The van der Waals surface area contributed by atoms with Crippen LogP contribution >= 0.6 is 0 Å². The SMILES string of the molecule is CCOC(=O)c1ccc(-c2ccc(N3COCC(C(=O)OC)=C3C(=O)OC)cc2)cc1. The summed E-state index contributed by atoms with van der Waals surface area (Å²) in [7, 11) is 2.49. The van der Waals surface area contributed by atoms with Crippen LogP contribution in [0.3, 0.4) is 0 Å².